The minimum atomic E-state index is -0.00716. The second-order valence-corrected chi connectivity index (χ2v) is 4.60. The van der Waals surface area contributed by atoms with Crippen molar-refractivity contribution in [3.63, 3.8) is 0 Å². The van der Waals surface area contributed by atoms with Gasteiger partial charge in [-0.25, -0.2) is 0 Å². The van der Waals surface area contributed by atoms with Crippen LogP contribution in [0.15, 0.2) is 24.3 Å². The molecule has 0 bridgehead atoms. The first kappa shape index (κ1) is 12.0. The standard InChI is InChI=1S/C14H20N2O/c1-12(17)15-13-8-4-5-9-14(13)16-10-6-2-3-7-11-16/h4-5,8-9H,2-3,6-7,10-11H2,1H3,(H,15,17). The van der Waals surface area contributed by atoms with Crippen LogP contribution >= 0.6 is 0 Å². The lowest BCUT2D eigenvalue weighted by molar-refractivity contribution is -0.114. The quantitative estimate of drug-likeness (QED) is 0.850. The molecule has 0 saturated carbocycles. The maximum Gasteiger partial charge on any atom is 0.221 e. The van der Waals surface area contributed by atoms with E-state index in [0.29, 0.717) is 0 Å². The first-order valence-electron chi connectivity index (χ1n) is 6.39. The molecule has 1 aliphatic rings. The van der Waals surface area contributed by atoms with Crippen LogP contribution < -0.4 is 10.2 Å². The van der Waals surface area contributed by atoms with Gasteiger partial charge >= 0.3 is 0 Å². The van der Waals surface area contributed by atoms with E-state index >= 15 is 0 Å². The Labute approximate surface area is 103 Å². The van der Waals surface area contributed by atoms with E-state index < -0.39 is 0 Å². The minimum absolute atomic E-state index is 0.00716. The van der Waals surface area contributed by atoms with Crippen LogP contribution in [0.2, 0.25) is 0 Å². The van der Waals surface area contributed by atoms with Crippen molar-refractivity contribution in [2.75, 3.05) is 23.3 Å². The zero-order chi connectivity index (χ0) is 12.1. The van der Waals surface area contributed by atoms with Crippen molar-refractivity contribution in [2.24, 2.45) is 0 Å². The third kappa shape index (κ3) is 3.22. The molecule has 0 unspecified atom stereocenters. The zero-order valence-corrected chi connectivity index (χ0v) is 10.4. The average molecular weight is 232 g/mol. The highest BCUT2D eigenvalue weighted by molar-refractivity contribution is 5.92. The molecular weight excluding hydrogens is 212 g/mol. The number of rotatable bonds is 2. The summed E-state index contributed by atoms with van der Waals surface area (Å²) in [7, 11) is 0. The lowest BCUT2D eigenvalue weighted by atomic mass is 10.2. The van der Waals surface area contributed by atoms with Crippen LogP contribution in [0.3, 0.4) is 0 Å². The van der Waals surface area contributed by atoms with Crippen molar-refractivity contribution >= 4 is 17.3 Å². The lowest BCUT2D eigenvalue weighted by Crippen LogP contribution is -2.25. The smallest absolute Gasteiger partial charge is 0.221 e. The molecule has 0 aromatic heterocycles. The number of nitrogens with one attached hydrogen (secondary N) is 1. The first-order chi connectivity index (χ1) is 8.27. The predicted molar refractivity (Wildman–Crippen MR) is 71.4 cm³/mol. The summed E-state index contributed by atoms with van der Waals surface area (Å²) in [6.07, 6.45) is 5.13. The number of hydrogen-bond donors (Lipinski definition) is 1. The van der Waals surface area contributed by atoms with Crippen molar-refractivity contribution in [1.29, 1.82) is 0 Å². The molecule has 0 spiro atoms. The number of para-hydroxylation sites is 2. The van der Waals surface area contributed by atoms with Gasteiger partial charge in [0.25, 0.3) is 0 Å². The molecule has 1 aromatic carbocycles. The van der Waals surface area contributed by atoms with Crippen LogP contribution in [0, 0.1) is 0 Å². The van der Waals surface area contributed by atoms with Crippen LogP contribution in [0.4, 0.5) is 11.4 Å². The third-order valence-corrected chi connectivity index (χ3v) is 3.16. The molecule has 92 valence electrons. The number of carbonyl (C=O) groups is 1. The van der Waals surface area contributed by atoms with E-state index in [-0.39, 0.29) is 5.91 Å². The Morgan fingerprint density at radius 3 is 2.41 bits per heavy atom. The Balaban J connectivity index is 2.20. The summed E-state index contributed by atoms with van der Waals surface area (Å²) in [6, 6.07) is 8.07. The third-order valence-electron chi connectivity index (χ3n) is 3.16. The highest BCUT2D eigenvalue weighted by Gasteiger charge is 2.13. The van der Waals surface area contributed by atoms with Gasteiger partial charge in [-0.05, 0) is 25.0 Å². The molecule has 2 rings (SSSR count). The molecule has 1 N–H and O–H groups in total. The van der Waals surface area contributed by atoms with E-state index in [1.165, 1.54) is 25.7 Å². The fraction of sp³-hybridized carbons (Fsp3) is 0.500. The van der Waals surface area contributed by atoms with Gasteiger partial charge in [0.05, 0.1) is 11.4 Å². The highest BCUT2D eigenvalue weighted by Crippen LogP contribution is 2.27. The van der Waals surface area contributed by atoms with E-state index in [2.05, 4.69) is 16.3 Å². The lowest BCUT2D eigenvalue weighted by Gasteiger charge is -2.25. The summed E-state index contributed by atoms with van der Waals surface area (Å²) in [6.45, 7) is 3.74. The molecule has 1 saturated heterocycles. The molecule has 3 nitrogen and oxygen atoms in total. The molecule has 1 fully saturated rings. The summed E-state index contributed by atoms with van der Waals surface area (Å²) in [5, 5.41) is 2.91. The number of amides is 1. The Morgan fingerprint density at radius 1 is 1.12 bits per heavy atom. The first-order valence-corrected chi connectivity index (χ1v) is 6.39. The predicted octanol–water partition coefficient (Wildman–Crippen LogP) is 3.03. The maximum atomic E-state index is 11.2. The Kier molecular flexibility index (Phi) is 4.02. The van der Waals surface area contributed by atoms with Crippen molar-refractivity contribution in [2.45, 2.75) is 32.6 Å². The fourth-order valence-electron chi connectivity index (χ4n) is 2.36. The number of carbonyl (C=O) groups excluding carboxylic acids is 1. The van der Waals surface area contributed by atoms with Gasteiger partial charge in [-0.15, -0.1) is 0 Å². The zero-order valence-electron chi connectivity index (χ0n) is 10.4. The number of anilines is 2. The maximum absolute atomic E-state index is 11.2. The number of nitrogens with zero attached hydrogens (tertiary/aromatic N) is 1. The van der Waals surface area contributed by atoms with Crippen LogP contribution in [0.1, 0.15) is 32.6 Å². The van der Waals surface area contributed by atoms with Crippen LogP contribution in [-0.2, 0) is 4.79 Å². The monoisotopic (exact) mass is 232 g/mol. The number of benzene rings is 1. The molecule has 1 aromatic rings. The largest absolute Gasteiger partial charge is 0.370 e. The van der Waals surface area contributed by atoms with E-state index in [4.69, 9.17) is 0 Å². The fourth-order valence-corrected chi connectivity index (χ4v) is 2.36. The second kappa shape index (κ2) is 5.71. The topological polar surface area (TPSA) is 32.3 Å². The Bertz CT molecular complexity index is 382. The molecule has 0 atom stereocenters. The van der Waals surface area contributed by atoms with Gasteiger partial charge in [0.1, 0.15) is 0 Å². The molecule has 3 heteroatoms. The SMILES string of the molecule is CC(=O)Nc1ccccc1N1CCCCCC1. The molecule has 0 aliphatic carbocycles. The van der Waals surface area contributed by atoms with Crippen molar-refractivity contribution in [3.05, 3.63) is 24.3 Å². The van der Waals surface area contributed by atoms with Gasteiger partial charge in [0, 0.05) is 20.0 Å². The minimum Gasteiger partial charge on any atom is -0.370 e. The summed E-state index contributed by atoms with van der Waals surface area (Å²) < 4.78 is 0. The van der Waals surface area contributed by atoms with Crippen LogP contribution in [0.25, 0.3) is 0 Å². The van der Waals surface area contributed by atoms with Gasteiger partial charge in [-0.3, -0.25) is 4.79 Å². The van der Waals surface area contributed by atoms with E-state index in [0.717, 1.165) is 24.5 Å². The van der Waals surface area contributed by atoms with Gasteiger partial charge in [0.15, 0.2) is 0 Å². The van der Waals surface area contributed by atoms with Crippen molar-refractivity contribution in [3.8, 4) is 0 Å². The summed E-state index contributed by atoms with van der Waals surface area (Å²) in [5.41, 5.74) is 2.09. The van der Waals surface area contributed by atoms with Gasteiger partial charge in [-0.1, -0.05) is 25.0 Å². The Morgan fingerprint density at radius 2 is 1.76 bits per heavy atom. The van der Waals surface area contributed by atoms with E-state index in [1.807, 2.05) is 18.2 Å². The summed E-state index contributed by atoms with van der Waals surface area (Å²) in [4.78, 5) is 13.6. The number of hydrogen-bond acceptors (Lipinski definition) is 2. The van der Waals surface area contributed by atoms with E-state index in [9.17, 15) is 4.79 Å². The van der Waals surface area contributed by atoms with E-state index in [1.54, 1.807) is 6.92 Å². The molecule has 1 aliphatic heterocycles. The van der Waals surface area contributed by atoms with Crippen LogP contribution in [-0.4, -0.2) is 19.0 Å². The molecule has 1 amide bonds. The highest BCUT2D eigenvalue weighted by atomic mass is 16.1. The van der Waals surface area contributed by atoms with Gasteiger partial charge < -0.3 is 10.2 Å². The molecule has 17 heavy (non-hydrogen) atoms. The molecule has 1 heterocycles. The van der Waals surface area contributed by atoms with Crippen molar-refractivity contribution in [1.82, 2.24) is 0 Å². The Hall–Kier alpha value is -1.51. The average Bonchev–Trinajstić information content (AvgIpc) is 2.57. The van der Waals surface area contributed by atoms with Gasteiger partial charge in [-0.2, -0.15) is 0 Å². The molecule has 0 radical (unpaired) electrons. The summed E-state index contributed by atoms with van der Waals surface area (Å²) >= 11 is 0. The van der Waals surface area contributed by atoms with Gasteiger partial charge in [0.2, 0.25) is 5.91 Å². The summed E-state index contributed by atoms with van der Waals surface area (Å²) in [5.74, 6) is -0.00716. The van der Waals surface area contributed by atoms with Crippen molar-refractivity contribution < 1.29 is 4.79 Å². The molecular formula is C14H20N2O. The second-order valence-electron chi connectivity index (χ2n) is 4.60. The normalized spacial score (nSPS) is 16.4. The van der Waals surface area contributed by atoms with Crippen LogP contribution in [0.5, 0.6) is 0 Å².